The summed E-state index contributed by atoms with van der Waals surface area (Å²) in [4.78, 5) is 24.7. The van der Waals surface area contributed by atoms with Crippen LogP contribution >= 0.6 is 11.8 Å². The molecule has 0 saturated carbocycles. The molecule has 2 aromatic rings. The van der Waals surface area contributed by atoms with Crippen molar-refractivity contribution in [3.05, 3.63) is 65.2 Å². The highest BCUT2D eigenvalue weighted by molar-refractivity contribution is 8.13. The molecular weight excluding hydrogens is 390 g/mol. The highest BCUT2D eigenvalue weighted by Crippen LogP contribution is 2.36. The Labute approximate surface area is 183 Å². The van der Waals surface area contributed by atoms with Gasteiger partial charge in [-0.2, -0.15) is 0 Å². The predicted molar refractivity (Wildman–Crippen MR) is 127 cm³/mol. The van der Waals surface area contributed by atoms with Crippen LogP contribution in [0.1, 0.15) is 57.7 Å². The van der Waals surface area contributed by atoms with Gasteiger partial charge in [0.2, 0.25) is 0 Å². The quantitative estimate of drug-likeness (QED) is 0.617. The zero-order valence-corrected chi connectivity index (χ0v) is 19.2. The van der Waals surface area contributed by atoms with Gasteiger partial charge < -0.3 is 0 Å². The van der Waals surface area contributed by atoms with E-state index in [1.54, 1.807) is 16.7 Å². The number of para-hydroxylation sites is 1. The van der Waals surface area contributed by atoms with E-state index in [1.807, 2.05) is 24.3 Å². The molecule has 0 radical (unpaired) electrons. The van der Waals surface area contributed by atoms with Crippen LogP contribution in [0.4, 0.5) is 5.69 Å². The van der Waals surface area contributed by atoms with E-state index in [9.17, 15) is 4.79 Å². The highest BCUT2D eigenvalue weighted by Gasteiger charge is 2.42. The first kappa shape index (κ1) is 20.9. The topological polar surface area (TPSA) is 45.0 Å². The second kappa shape index (κ2) is 8.03. The number of hydrogen-bond donors (Lipinski definition) is 0. The predicted octanol–water partition coefficient (Wildman–Crippen LogP) is 5.92. The standard InChI is InChI=1S/C25H29N3OS/c1-6-16(2)21-23(29)28-22(27-21)19-9-7-8-10-20(19)26-24(28)30-15-17-11-13-18(14-12-17)25(3,4)5/h7-14,16,21H,6,15H2,1-5H3/t16-,21-/m0/s1. The Morgan fingerprint density at radius 3 is 2.47 bits per heavy atom. The first-order chi connectivity index (χ1) is 14.3. The first-order valence-electron chi connectivity index (χ1n) is 10.6. The number of rotatable bonds is 4. The summed E-state index contributed by atoms with van der Waals surface area (Å²) in [7, 11) is 0. The van der Waals surface area contributed by atoms with Crippen LogP contribution in [-0.2, 0) is 16.0 Å². The molecule has 4 nitrogen and oxygen atoms in total. The van der Waals surface area contributed by atoms with Gasteiger partial charge in [-0.05, 0) is 34.6 Å². The Balaban J connectivity index is 1.61. The van der Waals surface area contributed by atoms with Crippen LogP contribution in [0.5, 0.6) is 0 Å². The first-order valence-corrected chi connectivity index (χ1v) is 11.6. The number of aliphatic imine (C=N–C) groups is 2. The minimum absolute atomic E-state index is 0.0446. The van der Waals surface area contributed by atoms with Crippen LogP contribution in [-0.4, -0.2) is 27.9 Å². The summed E-state index contributed by atoms with van der Waals surface area (Å²) < 4.78 is 0. The molecule has 2 aliphatic heterocycles. The van der Waals surface area contributed by atoms with Crippen LogP contribution in [0.2, 0.25) is 0 Å². The number of amides is 1. The number of nitrogens with zero attached hydrogens (tertiary/aromatic N) is 3. The van der Waals surface area contributed by atoms with Gasteiger partial charge in [0.25, 0.3) is 5.91 Å². The normalized spacial score (nSPS) is 19.2. The third-order valence-corrected chi connectivity index (χ3v) is 6.88. The average molecular weight is 420 g/mol. The lowest BCUT2D eigenvalue weighted by molar-refractivity contribution is -0.125. The second-order valence-corrected chi connectivity index (χ2v) is 10.0. The Morgan fingerprint density at radius 1 is 1.10 bits per heavy atom. The fourth-order valence-electron chi connectivity index (χ4n) is 3.71. The largest absolute Gasteiger partial charge is 0.271 e. The van der Waals surface area contributed by atoms with Gasteiger partial charge in [-0.25, -0.2) is 9.89 Å². The highest BCUT2D eigenvalue weighted by atomic mass is 32.2. The Bertz CT molecular complexity index is 1020. The summed E-state index contributed by atoms with van der Waals surface area (Å²) in [6, 6.07) is 16.4. The molecule has 30 heavy (non-hydrogen) atoms. The third-order valence-electron chi connectivity index (χ3n) is 5.87. The van der Waals surface area contributed by atoms with E-state index in [1.165, 1.54) is 11.1 Å². The maximum absolute atomic E-state index is 13.2. The van der Waals surface area contributed by atoms with Crippen molar-refractivity contribution in [2.24, 2.45) is 15.9 Å². The van der Waals surface area contributed by atoms with Crippen molar-refractivity contribution in [2.75, 3.05) is 0 Å². The summed E-state index contributed by atoms with van der Waals surface area (Å²) in [5, 5.41) is 0.725. The molecule has 0 aliphatic carbocycles. The molecule has 0 bridgehead atoms. The summed E-state index contributed by atoms with van der Waals surface area (Å²) >= 11 is 1.60. The van der Waals surface area contributed by atoms with Crippen molar-refractivity contribution in [1.29, 1.82) is 0 Å². The number of thioether (sulfide) groups is 1. The molecule has 2 atom stereocenters. The number of fused-ring (bicyclic) bond motifs is 3. The molecule has 0 N–H and O–H groups in total. The van der Waals surface area contributed by atoms with Gasteiger partial charge in [-0.3, -0.25) is 9.79 Å². The molecule has 4 rings (SSSR count). The number of amidine groups is 2. The fourth-order valence-corrected chi connectivity index (χ4v) is 4.67. The van der Waals surface area contributed by atoms with Crippen molar-refractivity contribution >= 4 is 34.4 Å². The molecule has 0 spiro atoms. The van der Waals surface area contributed by atoms with Gasteiger partial charge in [0.05, 0.1) is 5.69 Å². The van der Waals surface area contributed by atoms with E-state index in [4.69, 9.17) is 9.98 Å². The van der Waals surface area contributed by atoms with E-state index in [2.05, 4.69) is 58.9 Å². The smallest absolute Gasteiger partial charge is 0.259 e. The van der Waals surface area contributed by atoms with Crippen molar-refractivity contribution < 1.29 is 4.79 Å². The zero-order chi connectivity index (χ0) is 21.5. The third kappa shape index (κ3) is 3.83. The summed E-state index contributed by atoms with van der Waals surface area (Å²) in [5.74, 6) is 1.76. The summed E-state index contributed by atoms with van der Waals surface area (Å²) in [6.07, 6.45) is 0.919. The van der Waals surface area contributed by atoms with Gasteiger partial charge in [0, 0.05) is 11.3 Å². The Morgan fingerprint density at radius 2 is 1.80 bits per heavy atom. The molecule has 5 heteroatoms. The van der Waals surface area contributed by atoms with Gasteiger partial charge in [0.15, 0.2) is 5.17 Å². The van der Waals surface area contributed by atoms with Crippen LogP contribution in [0.15, 0.2) is 58.5 Å². The van der Waals surface area contributed by atoms with Gasteiger partial charge >= 0.3 is 0 Å². The number of hydrogen-bond acceptors (Lipinski definition) is 4. The Kier molecular flexibility index (Phi) is 5.58. The molecule has 2 aromatic carbocycles. The molecule has 2 aliphatic rings. The maximum atomic E-state index is 13.2. The minimum Gasteiger partial charge on any atom is -0.271 e. The lowest BCUT2D eigenvalue weighted by Crippen LogP contribution is -2.42. The minimum atomic E-state index is -0.326. The van der Waals surface area contributed by atoms with Crippen molar-refractivity contribution in [3.8, 4) is 0 Å². The second-order valence-electron chi connectivity index (χ2n) is 9.10. The van der Waals surface area contributed by atoms with Crippen LogP contribution in [0.25, 0.3) is 0 Å². The molecular formula is C25H29N3OS. The molecule has 0 fully saturated rings. The lowest BCUT2D eigenvalue weighted by Gasteiger charge is -2.26. The fraction of sp³-hybridized carbons (Fsp3) is 0.400. The van der Waals surface area contributed by atoms with E-state index in [0.29, 0.717) is 0 Å². The van der Waals surface area contributed by atoms with E-state index in [-0.39, 0.29) is 23.3 Å². The van der Waals surface area contributed by atoms with Crippen molar-refractivity contribution in [3.63, 3.8) is 0 Å². The number of carbonyl (C=O) groups excluding carboxylic acids is 1. The molecule has 156 valence electrons. The van der Waals surface area contributed by atoms with Crippen LogP contribution < -0.4 is 0 Å². The number of benzene rings is 2. The average Bonchev–Trinajstić information content (AvgIpc) is 3.09. The molecule has 2 heterocycles. The summed E-state index contributed by atoms with van der Waals surface area (Å²) in [6.45, 7) is 10.9. The SMILES string of the molecule is CC[C@H](C)[C@@H]1N=C2c3ccccc3N=C(SCc3ccc(C(C)(C)C)cc3)N2C1=O. The van der Waals surface area contributed by atoms with Crippen LogP contribution in [0.3, 0.4) is 0 Å². The summed E-state index contributed by atoms with van der Waals surface area (Å²) in [5.41, 5.74) is 4.51. The molecule has 1 amide bonds. The number of carbonyl (C=O) groups is 1. The van der Waals surface area contributed by atoms with E-state index >= 15 is 0 Å². The van der Waals surface area contributed by atoms with Gasteiger partial charge in [0.1, 0.15) is 11.9 Å². The molecule has 0 aromatic heterocycles. The monoisotopic (exact) mass is 419 g/mol. The van der Waals surface area contributed by atoms with E-state index in [0.717, 1.165) is 34.4 Å². The van der Waals surface area contributed by atoms with Crippen LogP contribution in [0, 0.1) is 5.92 Å². The van der Waals surface area contributed by atoms with E-state index < -0.39 is 0 Å². The maximum Gasteiger partial charge on any atom is 0.259 e. The van der Waals surface area contributed by atoms with Gasteiger partial charge in [-0.1, -0.05) is 89.2 Å². The lowest BCUT2D eigenvalue weighted by atomic mass is 9.87. The van der Waals surface area contributed by atoms with Crippen molar-refractivity contribution in [2.45, 2.75) is 58.2 Å². The zero-order valence-electron chi connectivity index (χ0n) is 18.3. The molecule has 0 saturated heterocycles. The van der Waals surface area contributed by atoms with Crippen molar-refractivity contribution in [1.82, 2.24) is 4.90 Å². The van der Waals surface area contributed by atoms with Gasteiger partial charge in [-0.15, -0.1) is 0 Å². The molecule has 0 unspecified atom stereocenters. The Hall–Kier alpha value is -2.40.